The van der Waals surface area contributed by atoms with E-state index in [-0.39, 0.29) is 5.97 Å². The SMILES string of the molecule is CCOC(=O)CSCc1cccnc1C#N. The molecular formula is C11H12N2O2S. The summed E-state index contributed by atoms with van der Waals surface area (Å²) in [6.07, 6.45) is 1.58. The van der Waals surface area contributed by atoms with Crippen molar-refractivity contribution in [1.29, 1.82) is 5.26 Å². The topological polar surface area (TPSA) is 63.0 Å². The van der Waals surface area contributed by atoms with Crippen LogP contribution in [0.5, 0.6) is 0 Å². The number of aromatic nitrogens is 1. The van der Waals surface area contributed by atoms with Gasteiger partial charge in [0, 0.05) is 11.9 Å². The molecular weight excluding hydrogens is 224 g/mol. The van der Waals surface area contributed by atoms with Gasteiger partial charge in [0.05, 0.1) is 12.4 Å². The van der Waals surface area contributed by atoms with E-state index in [1.807, 2.05) is 12.1 Å². The normalized spacial score (nSPS) is 9.50. The smallest absolute Gasteiger partial charge is 0.315 e. The summed E-state index contributed by atoms with van der Waals surface area (Å²) in [7, 11) is 0. The monoisotopic (exact) mass is 236 g/mol. The molecule has 1 heterocycles. The quantitative estimate of drug-likeness (QED) is 0.729. The maximum Gasteiger partial charge on any atom is 0.315 e. The summed E-state index contributed by atoms with van der Waals surface area (Å²) in [6.45, 7) is 2.17. The Morgan fingerprint density at radius 1 is 1.69 bits per heavy atom. The molecule has 5 heteroatoms. The van der Waals surface area contributed by atoms with E-state index in [0.29, 0.717) is 23.8 Å². The van der Waals surface area contributed by atoms with Crippen molar-refractivity contribution in [3.05, 3.63) is 29.6 Å². The fraction of sp³-hybridized carbons (Fsp3) is 0.364. The van der Waals surface area contributed by atoms with Crippen molar-refractivity contribution < 1.29 is 9.53 Å². The van der Waals surface area contributed by atoms with E-state index in [0.717, 1.165) is 5.56 Å². The van der Waals surface area contributed by atoms with Gasteiger partial charge >= 0.3 is 5.97 Å². The minimum atomic E-state index is -0.227. The van der Waals surface area contributed by atoms with Crippen LogP contribution in [-0.4, -0.2) is 23.3 Å². The highest BCUT2D eigenvalue weighted by atomic mass is 32.2. The second kappa shape index (κ2) is 6.85. The standard InChI is InChI=1S/C11H12N2O2S/c1-2-15-11(14)8-16-7-9-4-3-5-13-10(9)6-12/h3-5H,2,7-8H2,1H3. The highest BCUT2D eigenvalue weighted by Gasteiger charge is 2.05. The average Bonchev–Trinajstić information content (AvgIpc) is 2.30. The molecule has 0 amide bonds. The third-order valence-electron chi connectivity index (χ3n) is 1.78. The number of hydrogen-bond acceptors (Lipinski definition) is 5. The molecule has 84 valence electrons. The number of carbonyl (C=O) groups excluding carboxylic acids is 1. The van der Waals surface area contributed by atoms with Crippen molar-refractivity contribution >= 4 is 17.7 Å². The Morgan fingerprint density at radius 3 is 3.19 bits per heavy atom. The number of hydrogen-bond donors (Lipinski definition) is 0. The number of carbonyl (C=O) groups is 1. The molecule has 0 aliphatic heterocycles. The van der Waals surface area contributed by atoms with Gasteiger partial charge in [-0.2, -0.15) is 5.26 Å². The first kappa shape index (κ1) is 12.5. The summed E-state index contributed by atoms with van der Waals surface area (Å²) >= 11 is 1.42. The molecule has 0 atom stereocenters. The van der Waals surface area contributed by atoms with Gasteiger partial charge in [-0.25, -0.2) is 4.98 Å². The Hall–Kier alpha value is -1.54. The lowest BCUT2D eigenvalue weighted by molar-refractivity contribution is -0.139. The minimum absolute atomic E-state index is 0.227. The van der Waals surface area contributed by atoms with Crippen LogP contribution in [0.1, 0.15) is 18.2 Å². The average molecular weight is 236 g/mol. The van der Waals surface area contributed by atoms with Gasteiger partial charge in [0.25, 0.3) is 0 Å². The van der Waals surface area contributed by atoms with Crippen molar-refractivity contribution in [1.82, 2.24) is 4.98 Å². The molecule has 0 N–H and O–H groups in total. The molecule has 0 saturated carbocycles. The third-order valence-corrected chi connectivity index (χ3v) is 2.73. The van der Waals surface area contributed by atoms with Crippen molar-refractivity contribution in [2.45, 2.75) is 12.7 Å². The van der Waals surface area contributed by atoms with E-state index in [9.17, 15) is 4.79 Å². The number of thioether (sulfide) groups is 1. The molecule has 0 radical (unpaired) electrons. The first-order valence-corrected chi connectivity index (χ1v) is 6.00. The van der Waals surface area contributed by atoms with Gasteiger partial charge in [-0.1, -0.05) is 6.07 Å². The minimum Gasteiger partial charge on any atom is -0.465 e. The highest BCUT2D eigenvalue weighted by molar-refractivity contribution is 7.99. The Bertz CT molecular complexity index is 401. The maximum atomic E-state index is 11.1. The van der Waals surface area contributed by atoms with Gasteiger partial charge in [0.15, 0.2) is 0 Å². The van der Waals surface area contributed by atoms with Crippen LogP contribution in [0.2, 0.25) is 0 Å². The zero-order valence-electron chi connectivity index (χ0n) is 8.97. The van der Waals surface area contributed by atoms with Gasteiger partial charge in [0.2, 0.25) is 0 Å². The largest absolute Gasteiger partial charge is 0.465 e. The lowest BCUT2D eigenvalue weighted by Gasteiger charge is -2.03. The third kappa shape index (κ3) is 3.91. The number of nitriles is 1. The molecule has 0 aliphatic rings. The fourth-order valence-electron chi connectivity index (χ4n) is 1.10. The van der Waals surface area contributed by atoms with E-state index in [1.165, 1.54) is 11.8 Å². The Labute approximate surface area is 98.6 Å². The molecule has 1 aromatic heterocycles. The van der Waals surface area contributed by atoms with E-state index >= 15 is 0 Å². The number of esters is 1. The second-order valence-electron chi connectivity index (χ2n) is 2.92. The molecule has 0 aromatic carbocycles. The van der Waals surface area contributed by atoms with Crippen LogP contribution in [0.3, 0.4) is 0 Å². The molecule has 0 fully saturated rings. The molecule has 1 rings (SSSR count). The van der Waals surface area contributed by atoms with E-state index < -0.39 is 0 Å². The van der Waals surface area contributed by atoms with Crippen molar-refractivity contribution in [3.8, 4) is 6.07 Å². The predicted molar refractivity (Wildman–Crippen MR) is 61.7 cm³/mol. The number of nitrogens with zero attached hydrogens (tertiary/aromatic N) is 2. The van der Waals surface area contributed by atoms with E-state index in [1.54, 1.807) is 19.2 Å². The van der Waals surface area contributed by atoms with Gasteiger partial charge in [-0.3, -0.25) is 4.79 Å². The summed E-state index contributed by atoms with van der Waals surface area (Å²) in [5.41, 5.74) is 1.26. The van der Waals surface area contributed by atoms with Gasteiger partial charge in [0.1, 0.15) is 11.8 Å². The summed E-state index contributed by atoms with van der Waals surface area (Å²) in [5, 5.41) is 8.80. The summed E-state index contributed by atoms with van der Waals surface area (Å²) in [4.78, 5) is 15.0. The van der Waals surface area contributed by atoms with E-state index in [2.05, 4.69) is 4.98 Å². The highest BCUT2D eigenvalue weighted by Crippen LogP contribution is 2.14. The van der Waals surface area contributed by atoms with Crippen LogP contribution in [0.4, 0.5) is 0 Å². The van der Waals surface area contributed by atoms with Gasteiger partial charge in [-0.15, -0.1) is 11.8 Å². The summed E-state index contributed by atoms with van der Waals surface area (Å²) in [6, 6.07) is 5.63. The summed E-state index contributed by atoms with van der Waals surface area (Å²) in [5.74, 6) is 0.665. The molecule has 0 unspecified atom stereocenters. The molecule has 1 aromatic rings. The first-order valence-electron chi connectivity index (χ1n) is 4.85. The molecule has 0 aliphatic carbocycles. The van der Waals surface area contributed by atoms with Crippen LogP contribution in [0.15, 0.2) is 18.3 Å². The Kier molecular flexibility index (Phi) is 5.37. The number of pyridine rings is 1. The van der Waals surface area contributed by atoms with Crippen molar-refractivity contribution in [3.63, 3.8) is 0 Å². The molecule has 16 heavy (non-hydrogen) atoms. The lowest BCUT2D eigenvalue weighted by atomic mass is 10.2. The number of ether oxygens (including phenoxy) is 1. The van der Waals surface area contributed by atoms with Crippen molar-refractivity contribution in [2.75, 3.05) is 12.4 Å². The van der Waals surface area contributed by atoms with Gasteiger partial charge < -0.3 is 4.74 Å². The zero-order valence-corrected chi connectivity index (χ0v) is 9.79. The summed E-state index contributed by atoms with van der Waals surface area (Å²) < 4.78 is 4.80. The van der Waals surface area contributed by atoms with Gasteiger partial charge in [-0.05, 0) is 18.6 Å². The molecule has 4 nitrogen and oxygen atoms in total. The number of rotatable bonds is 5. The van der Waals surface area contributed by atoms with E-state index in [4.69, 9.17) is 10.00 Å². The van der Waals surface area contributed by atoms with Crippen LogP contribution >= 0.6 is 11.8 Å². The van der Waals surface area contributed by atoms with Crippen LogP contribution in [0.25, 0.3) is 0 Å². The van der Waals surface area contributed by atoms with Crippen molar-refractivity contribution in [2.24, 2.45) is 0 Å². The molecule has 0 bridgehead atoms. The molecule has 0 saturated heterocycles. The van der Waals surface area contributed by atoms with Crippen LogP contribution in [0, 0.1) is 11.3 Å². The fourth-order valence-corrected chi connectivity index (χ4v) is 1.91. The second-order valence-corrected chi connectivity index (χ2v) is 3.91. The predicted octanol–water partition coefficient (Wildman–Crippen LogP) is 1.75. The maximum absolute atomic E-state index is 11.1. The van der Waals surface area contributed by atoms with Crippen LogP contribution in [-0.2, 0) is 15.3 Å². The Morgan fingerprint density at radius 2 is 2.50 bits per heavy atom. The zero-order chi connectivity index (χ0) is 11.8. The Balaban J connectivity index is 2.43. The first-order chi connectivity index (χ1) is 7.77. The molecule has 0 spiro atoms. The lowest BCUT2D eigenvalue weighted by Crippen LogP contribution is -2.06. The van der Waals surface area contributed by atoms with Crippen LogP contribution < -0.4 is 0 Å².